The Kier molecular flexibility index (Phi) is 4.40. The molecule has 0 unspecified atom stereocenters. The minimum Gasteiger partial charge on any atom is -0.445 e. The second-order valence-corrected chi connectivity index (χ2v) is 6.74. The van der Waals surface area contributed by atoms with Gasteiger partial charge in [-0.3, -0.25) is 0 Å². The summed E-state index contributed by atoms with van der Waals surface area (Å²) in [5.74, 6) is 0.938. The highest BCUT2D eigenvalue weighted by Crippen LogP contribution is 2.16. The third-order valence-electron chi connectivity index (χ3n) is 2.86. The predicted octanol–water partition coefficient (Wildman–Crippen LogP) is 1.40. The lowest BCUT2D eigenvalue weighted by Crippen LogP contribution is -2.23. The summed E-state index contributed by atoms with van der Waals surface area (Å²) in [6.07, 6.45) is 1.53. The molecule has 0 radical (unpaired) electrons. The van der Waals surface area contributed by atoms with E-state index in [1.807, 2.05) is 0 Å². The summed E-state index contributed by atoms with van der Waals surface area (Å²) in [5, 5.41) is 0. The van der Waals surface area contributed by atoms with Gasteiger partial charge in [0.2, 0.25) is 15.9 Å². The lowest BCUT2D eigenvalue weighted by Gasteiger charge is -2.08. The maximum atomic E-state index is 12.2. The lowest BCUT2D eigenvalue weighted by atomic mass is 10.1. The van der Waals surface area contributed by atoms with Gasteiger partial charge in [-0.05, 0) is 31.5 Å². The summed E-state index contributed by atoms with van der Waals surface area (Å²) in [5.41, 5.74) is 6.92. The fourth-order valence-electron chi connectivity index (χ4n) is 1.80. The Morgan fingerprint density at radius 2 is 2.14 bits per heavy atom. The van der Waals surface area contributed by atoms with Crippen molar-refractivity contribution in [2.75, 3.05) is 0 Å². The number of aromatic nitrogens is 1. The van der Waals surface area contributed by atoms with Crippen LogP contribution < -0.4 is 10.5 Å². The first-order valence-corrected chi connectivity index (χ1v) is 8.00. The lowest BCUT2D eigenvalue weighted by molar-refractivity contribution is 0.463. The largest absolute Gasteiger partial charge is 0.445 e. The number of benzene rings is 1. The zero-order chi connectivity index (χ0) is 15.6. The van der Waals surface area contributed by atoms with E-state index in [1.54, 1.807) is 19.9 Å². The number of hydrogen-bond acceptors (Lipinski definition) is 5. The van der Waals surface area contributed by atoms with Crippen LogP contribution in [0.4, 0.5) is 0 Å². The van der Waals surface area contributed by atoms with Gasteiger partial charge in [-0.1, -0.05) is 18.3 Å². The standard InChI is InChI=1S/C13H15N3O3S2/c1-8-5-10(3-4-11(8)13(14)20)21(17,18)16-7-12-15-6-9(2)19-12/h3-6,16H,7H2,1-2H3,(H2,14,20). The van der Waals surface area contributed by atoms with Gasteiger partial charge < -0.3 is 10.2 Å². The molecule has 1 aromatic heterocycles. The first-order valence-electron chi connectivity index (χ1n) is 6.11. The predicted molar refractivity (Wildman–Crippen MR) is 82.3 cm³/mol. The van der Waals surface area contributed by atoms with E-state index in [4.69, 9.17) is 22.4 Å². The Morgan fingerprint density at radius 1 is 1.43 bits per heavy atom. The molecule has 0 saturated heterocycles. The Hall–Kier alpha value is -1.77. The van der Waals surface area contributed by atoms with Crippen molar-refractivity contribution in [1.29, 1.82) is 0 Å². The summed E-state index contributed by atoms with van der Waals surface area (Å²) in [7, 11) is -3.65. The van der Waals surface area contributed by atoms with Crippen LogP contribution in [0.3, 0.4) is 0 Å². The molecule has 2 aromatic rings. The number of nitrogens with one attached hydrogen (secondary N) is 1. The molecule has 0 spiro atoms. The molecule has 0 saturated carbocycles. The van der Waals surface area contributed by atoms with Gasteiger partial charge in [-0.25, -0.2) is 18.1 Å². The van der Waals surface area contributed by atoms with Gasteiger partial charge in [0.1, 0.15) is 10.7 Å². The first kappa shape index (κ1) is 15.6. The molecular formula is C13H15N3O3S2. The Balaban J connectivity index is 2.19. The maximum absolute atomic E-state index is 12.2. The van der Waals surface area contributed by atoms with E-state index in [9.17, 15) is 8.42 Å². The summed E-state index contributed by atoms with van der Waals surface area (Å²) < 4.78 is 32.1. The Morgan fingerprint density at radius 3 is 2.67 bits per heavy atom. The second kappa shape index (κ2) is 5.92. The molecule has 0 amide bonds. The number of aryl methyl sites for hydroxylation is 2. The van der Waals surface area contributed by atoms with Crippen molar-refractivity contribution in [1.82, 2.24) is 9.71 Å². The van der Waals surface area contributed by atoms with Crippen LogP contribution in [0.5, 0.6) is 0 Å². The topological polar surface area (TPSA) is 98.2 Å². The minimum absolute atomic E-state index is 0.00767. The SMILES string of the molecule is Cc1cnc(CNS(=O)(=O)c2ccc(C(N)=S)c(C)c2)o1. The molecule has 0 aliphatic heterocycles. The second-order valence-electron chi connectivity index (χ2n) is 4.53. The zero-order valence-corrected chi connectivity index (χ0v) is 13.2. The molecular weight excluding hydrogens is 310 g/mol. The van der Waals surface area contributed by atoms with Crippen molar-refractivity contribution >= 4 is 27.2 Å². The van der Waals surface area contributed by atoms with Gasteiger partial charge in [0, 0.05) is 5.56 Å². The molecule has 0 aliphatic rings. The molecule has 0 bridgehead atoms. The van der Waals surface area contributed by atoms with Crippen LogP contribution in [-0.2, 0) is 16.6 Å². The highest BCUT2D eigenvalue weighted by molar-refractivity contribution is 7.89. The van der Waals surface area contributed by atoms with E-state index < -0.39 is 10.0 Å². The molecule has 8 heteroatoms. The molecule has 0 aliphatic carbocycles. The molecule has 2 rings (SSSR count). The van der Waals surface area contributed by atoms with Crippen LogP contribution >= 0.6 is 12.2 Å². The number of nitrogens with two attached hydrogens (primary N) is 1. The van der Waals surface area contributed by atoms with E-state index in [0.717, 1.165) is 0 Å². The maximum Gasteiger partial charge on any atom is 0.241 e. The number of oxazole rings is 1. The highest BCUT2D eigenvalue weighted by atomic mass is 32.2. The fraction of sp³-hybridized carbons (Fsp3) is 0.231. The quantitative estimate of drug-likeness (QED) is 0.807. The molecule has 112 valence electrons. The smallest absolute Gasteiger partial charge is 0.241 e. The number of nitrogens with zero attached hydrogens (tertiary/aromatic N) is 1. The van der Waals surface area contributed by atoms with Crippen LogP contribution in [-0.4, -0.2) is 18.4 Å². The van der Waals surface area contributed by atoms with Crippen molar-refractivity contribution in [3.63, 3.8) is 0 Å². The minimum atomic E-state index is -3.65. The molecule has 1 aromatic carbocycles. The molecule has 0 atom stereocenters. The number of hydrogen-bond donors (Lipinski definition) is 2. The number of thiocarbonyl (C=S) groups is 1. The summed E-state index contributed by atoms with van der Waals surface area (Å²) >= 11 is 4.90. The van der Waals surface area contributed by atoms with Crippen LogP contribution in [0, 0.1) is 13.8 Å². The number of rotatable bonds is 5. The number of sulfonamides is 1. The summed E-state index contributed by atoms with van der Waals surface area (Å²) in [6, 6.07) is 4.59. The van der Waals surface area contributed by atoms with Crippen molar-refractivity contribution in [3.8, 4) is 0 Å². The molecule has 6 nitrogen and oxygen atoms in total. The average Bonchev–Trinajstić information content (AvgIpc) is 2.82. The molecule has 0 fully saturated rings. The van der Waals surface area contributed by atoms with Gasteiger partial charge >= 0.3 is 0 Å². The Labute approximate surface area is 128 Å². The third kappa shape index (κ3) is 3.66. The van der Waals surface area contributed by atoms with Gasteiger partial charge in [0.05, 0.1) is 17.6 Å². The molecule has 1 heterocycles. The van der Waals surface area contributed by atoms with E-state index >= 15 is 0 Å². The van der Waals surface area contributed by atoms with Crippen molar-refractivity contribution < 1.29 is 12.8 Å². The zero-order valence-electron chi connectivity index (χ0n) is 11.6. The van der Waals surface area contributed by atoms with E-state index in [0.29, 0.717) is 22.8 Å². The first-order chi connectivity index (χ1) is 9.79. The van der Waals surface area contributed by atoms with Gasteiger partial charge in [-0.2, -0.15) is 0 Å². The van der Waals surface area contributed by atoms with Gasteiger partial charge in [0.15, 0.2) is 0 Å². The van der Waals surface area contributed by atoms with E-state index in [1.165, 1.54) is 18.3 Å². The van der Waals surface area contributed by atoms with E-state index in [-0.39, 0.29) is 16.4 Å². The van der Waals surface area contributed by atoms with Crippen LogP contribution in [0.15, 0.2) is 33.7 Å². The molecule has 3 N–H and O–H groups in total. The van der Waals surface area contributed by atoms with Crippen LogP contribution in [0.2, 0.25) is 0 Å². The summed E-state index contributed by atoms with van der Waals surface area (Å²) in [4.78, 5) is 4.32. The van der Waals surface area contributed by atoms with Crippen molar-refractivity contribution in [3.05, 3.63) is 47.2 Å². The Bertz CT molecular complexity index is 782. The highest BCUT2D eigenvalue weighted by Gasteiger charge is 2.16. The van der Waals surface area contributed by atoms with Gasteiger partial charge in [-0.15, -0.1) is 0 Å². The van der Waals surface area contributed by atoms with Crippen LogP contribution in [0.25, 0.3) is 0 Å². The normalized spacial score (nSPS) is 11.5. The van der Waals surface area contributed by atoms with Crippen LogP contribution in [0.1, 0.15) is 22.8 Å². The van der Waals surface area contributed by atoms with Crippen molar-refractivity contribution in [2.45, 2.75) is 25.3 Å². The summed E-state index contributed by atoms with van der Waals surface area (Å²) in [6.45, 7) is 3.49. The van der Waals surface area contributed by atoms with Gasteiger partial charge in [0.25, 0.3) is 0 Å². The average molecular weight is 325 g/mol. The van der Waals surface area contributed by atoms with Crippen molar-refractivity contribution in [2.24, 2.45) is 5.73 Å². The monoisotopic (exact) mass is 325 g/mol. The van der Waals surface area contributed by atoms with E-state index in [2.05, 4.69) is 9.71 Å². The fourth-order valence-corrected chi connectivity index (χ4v) is 3.09. The third-order valence-corrected chi connectivity index (χ3v) is 4.48. The molecule has 21 heavy (non-hydrogen) atoms.